The number of pyridine rings is 1. The van der Waals surface area contributed by atoms with Crippen molar-refractivity contribution >= 4 is 0 Å². The maximum Gasteiger partial charge on any atom is 0.217 e. The third-order valence-corrected chi connectivity index (χ3v) is 6.10. The van der Waals surface area contributed by atoms with Crippen LogP contribution in [0.25, 0.3) is 33.6 Å². The number of hydrogen-bond donors (Lipinski definition) is 0. The molecule has 6 heteroatoms. The van der Waals surface area contributed by atoms with E-state index >= 15 is 0 Å². The van der Waals surface area contributed by atoms with Gasteiger partial charge in [-0.2, -0.15) is 4.57 Å². The van der Waals surface area contributed by atoms with Crippen molar-refractivity contribution in [2.45, 2.75) is 0 Å². The number of aromatic nitrogens is 1. The second-order valence-corrected chi connectivity index (χ2v) is 7.93. The highest BCUT2D eigenvalue weighted by atomic mass is 16.5. The van der Waals surface area contributed by atoms with Crippen LogP contribution in [0.2, 0.25) is 0 Å². The van der Waals surface area contributed by atoms with Crippen molar-refractivity contribution in [3.63, 3.8) is 0 Å². The molecule has 4 rings (SSSR count). The minimum absolute atomic E-state index is 0.722. The average Bonchev–Trinajstić information content (AvgIpc) is 2.92. The summed E-state index contributed by atoms with van der Waals surface area (Å²) in [5.74, 6) is 3.72. The smallest absolute Gasteiger partial charge is 0.217 e. The van der Waals surface area contributed by atoms with Crippen LogP contribution >= 0.6 is 0 Å². The van der Waals surface area contributed by atoms with Crippen molar-refractivity contribution in [2.24, 2.45) is 7.05 Å². The summed E-state index contributed by atoms with van der Waals surface area (Å²) in [7, 11) is 10.3. The van der Waals surface area contributed by atoms with Gasteiger partial charge in [0.15, 0.2) is 0 Å². The van der Waals surface area contributed by atoms with E-state index in [2.05, 4.69) is 28.8 Å². The molecule has 0 unspecified atom stereocenters. The Labute approximate surface area is 206 Å². The fourth-order valence-electron chi connectivity index (χ4n) is 4.15. The van der Waals surface area contributed by atoms with Gasteiger partial charge in [-0.15, -0.1) is 0 Å². The van der Waals surface area contributed by atoms with Gasteiger partial charge in [-0.25, -0.2) is 0 Å². The first-order valence-corrected chi connectivity index (χ1v) is 11.2. The van der Waals surface area contributed by atoms with Gasteiger partial charge in [-0.3, -0.25) is 0 Å². The van der Waals surface area contributed by atoms with E-state index in [4.69, 9.17) is 23.7 Å². The zero-order valence-corrected chi connectivity index (χ0v) is 20.9. The summed E-state index contributed by atoms with van der Waals surface area (Å²) >= 11 is 0. The molecule has 0 amide bonds. The molecule has 6 nitrogen and oxygen atoms in total. The summed E-state index contributed by atoms with van der Waals surface area (Å²) in [6.45, 7) is 0. The molecule has 0 saturated carbocycles. The molecule has 3 aromatic carbocycles. The Hall–Kier alpha value is -4.19. The molecular formula is C29H30NO5+. The van der Waals surface area contributed by atoms with Gasteiger partial charge in [0.1, 0.15) is 35.8 Å². The van der Waals surface area contributed by atoms with Crippen LogP contribution in [-0.4, -0.2) is 35.5 Å². The molecule has 0 aliphatic carbocycles. The van der Waals surface area contributed by atoms with Crippen molar-refractivity contribution in [1.82, 2.24) is 0 Å². The third kappa shape index (κ3) is 4.73. The predicted octanol–water partition coefficient (Wildman–Crippen LogP) is 5.56. The Morgan fingerprint density at radius 2 is 0.886 bits per heavy atom. The van der Waals surface area contributed by atoms with E-state index in [-0.39, 0.29) is 0 Å². The molecule has 1 heterocycles. The lowest BCUT2D eigenvalue weighted by atomic mass is 9.98. The normalized spacial score (nSPS) is 10.6. The molecule has 0 fully saturated rings. The van der Waals surface area contributed by atoms with Gasteiger partial charge in [0.05, 0.1) is 46.7 Å². The molecular weight excluding hydrogens is 442 g/mol. The molecule has 35 heavy (non-hydrogen) atoms. The van der Waals surface area contributed by atoms with Crippen LogP contribution in [-0.2, 0) is 7.05 Å². The topological polar surface area (TPSA) is 50.0 Å². The molecule has 0 bridgehead atoms. The summed E-state index contributed by atoms with van der Waals surface area (Å²) in [5, 5.41) is 0. The van der Waals surface area contributed by atoms with Gasteiger partial charge in [0.2, 0.25) is 11.4 Å². The monoisotopic (exact) mass is 472 g/mol. The van der Waals surface area contributed by atoms with Gasteiger partial charge >= 0.3 is 0 Å². The van der Waals surface area contributed by atoms with Crippen LogP contribution in [0.4, 0.5) is 0 Å². The van der Waals surface area contributed by atoms with Gasteiger partial charge in [-0.1, -0.05) is 12.1 Å². The molecule has 0 radical (unpaired) electrons. The Morgan fingerprint density at radius 3 is 1.29 bits per heavy atom. The van der Waals surface area contributed by atoms with Gasteiger partial charge in [0.25, 0.3) is 0 Å². The van der Waals surface area contributed by atoms with Gasteiger partial charge in [-0.05, 0) is 47.5 Å². The molecule has 180 valence electrons. The van der Waals surface area contributed by atoms with Crippen molar-refractivity contribution in [3.8, 4) is 62.4 Å². The fraction of sp³-hybridized carbons (Fsp3) is 0.207. The lowest BCUT2D eigenvalue weighted by Crippen LogP contribution is -2.34. The van der Waals surface area contributed by atoms with Crippen LogP contribution in [0.3, 0.4) is 0 Å². The van der Waals surface area contributed by atoms with E-state index in [1.165, 1.54) is 0 Å². The largest absolute Gasteiger partial charge is 0.497 e. The summed E-state index contributed by atoms with van der Waals surface area (Å²) in [6, 6.07) is 24.0. The first-order valence-electron chi connectivity index (χ1n) is 11.2. The molecule has 0 aliphatic rings. The van der Waals surface area contributed by atoms with Crippen LogP contribution in [0, 0.1) is 0 Å². The zero-order valence-electron chi connectivity index (χ0n) is 20.9. The number of methoxy groups -OCH3 is 5. The minimum Gasteiger partial charge on any atom is -0.497 e. The highest BCUT2D eigenvalue weighted by Crippen LogP contribution is 2.38. The first-order chi connectivity index (χ1) is 17.0. The quantitative estimate of drug-likeness (QED) is 0.315. The van der Waals surface area contributed by atoms with E-state index in [1.54, 1.807) is 35.5 Å². The van der Waals surface area contributed by atoms with Crippen LogP contribution < -0.4 is 28.3 Å². The molecule has 0 aliphatic heterocycles. The van der Waals surface area contributed by atoms with Gasteiger partial charge < -0.3 is 23.7 Å². The Morgan fingerprint density at radius 1 is 0.457 bits per heavy atom. The van der Waals surface area contributed by atoms with Crippen LogP contribution in [0.5, 0.6) is 28.7 Å². The highest BCUT2D eigenvalue weighted by Gasteiger charge is 2.24. The van der Waals surface area contributed by atoms with E-state index < -0.39 is 0 Å². The average molecular weight is 473 g/mol. The summed E-state index contributed by atoms with van der Waals surface area (Å²) in [4.78, 5) is 0. The summed E-state index contributed by atoms with van der Waals surface area (Å²) in [6.07, 6.45) is 0. The number of hydrogen-bond acceptors (Lipinski definition) is 5. The van der Waals surface area contributed by atoms with Crippen LogP contribution in [0.1, 0.15) is 0 Å². The fourth-order valence-corrected chi connectivity index (χ4v) is 4.15. The number of benzene rings is 3. The third-order valence-electron chi connectivity index (χ3n) is 6.10. The number of ether oxygens (including phenoxy) is 5. The maximum atomic E-state index is 5.74. The Balaban J connectivity index is 2.00. The van der Waals surface area contributed by atoms with Crippen molar-refractivity contribution in [2.75, 3.05) is 35.5 Å². The number of rotatable bonds is 8. The molecule has 0 saturated heterocycles. The highest BCUT2D eigenvalue weighted by molar-refractivity contribution is 5.78. The van der Waals surface area contributed by atoms with Gasteiger partial charge in [0, 0.05) is 24.3 Å². The van der Waals surface area contributed by atoms with Crippen LogP contribution in [0.15, 0.2) is 72.8 Å². The van der Waals surface area contributed by atoms with Crippen molar-refractivity contribution in [1.29, 1.82) is 0 Å². The van der Waals surface area contributed by atoms with E-state index in [0.717, 1.165) is 62.4 Å². The summed E-state index contributed by atoms with van der Waals surface area (Å²) in [5.41, 5.74) is 5.96. The standard InChI is InChI=1S/C29H30NO5/c1-30-26(24-13-11-22(32-3)17-28(24)34-5)15-20(19-7-9-21(31-2)10-8-19)16-27(30)25-14-12-23(33-4)18-29(25)35-6/h7-18H,1-6H3/q+1. The maximum absolute atomic E-state index is 5.74. The van der Waals surface area contributed by atoms with E-state index in [0.29, 0.717) is 0 Å². The molecule has 0 atom stereocenters. The first kappa shape index (κ1) is 24.0. The zero-order chi connectivity index (χ0) is 24.9. The second-order valence-electron chi connectivity index (χ2n) is 7.93. The molecule has 1 aromatic heterocycles. The molecule has 0 N–H and O–H groups in total. The predicted molar refractivity (Wildman–Crippen MR) is 137 cm³/mol. The molecule has 4 aromatic rings. The van der Waals surface area contributed by atoms with E-state index in [1.807, 2.05) is 55.6 Å². The Kier molecular flexibility index (Phi) is 7.11. The lowest BCUT2D eigenvalue weighted by molar-refractivity contribution is -0.649. The number of nitrogens with zero attached hydrogens (tertiary/aromatic N) is 1. The Bertz CT molecular complexity index is 1260. The minimum atomic E-state index is 0.722. The van der Waals surface area contributed by atoms with Crippen molar-refractivity contribution in [3.05, 3.63) is 72.8 Å². The summed E-state index contributed by atoms with van der Waals surface area (Å²) < 4.78 is 29.8. The van der Waals surface area contributed by atoms with E-state index in [9.17, 15) is 0 Å². The SMILES string of the molecule is COc1ccc(-c2cc(-c3ccc(OC)cc3OC)[n+](C)c(-c3ccc(OC)cc3OC)c2)cc1. The lowest BCUT2D eigenvalue weighted by Gasteiger charge is -2.15. The second kappa shape index (κ2) is 10.4. The molecule has 0 spiro atoms. The van der Waals surface area contributed by atoms with Crippen molar-refractivity contribution < 1.29 is 28.3 Å².